The Morgan fingerprint density at radius 1 is 1.07 bits per heavy atom. The molecule has 0 atom stereocenters. The molecular formula is C17H11ClFN5O4. The molecule has 4 N–H and O–H groups in total. The van der Waals surface area contributed by atoms with Crippen molar-refractivity contribution in [2.45, 2.75) is 0 Å². The maximum absolute atomic E-state index is 13.1. The highest BCUT2D eigenvalue weighted by Gasteiger charge is 2.20. The van der Waals surface area contributed by atoms with Gasteiger partial charge in [0.25, 0.3) is 11.8 Å². The minimum absolute atomic E-state index is 0.0466. The number of imidazole rings is 1. The van der Waals surface area contributed by atoms with Gasteiger partial charge in [-0.25, -0.2) is 19.2 Å². The monoisotopic (exact) mass is 403 g/mol. The first-order valence-corrected chi connectivity index (χ1v) is 8.03. The number of halogens is 2. The van der Waals surface area contributed by atoms with Gasteiger partial charge in [-0.1, -0.05) is 11.6 Å². The fourth-order valence-corrected chi connectivity index (χ4v) is 2.47. The fourth-order valence-electron chi connectivity index (χ4n) is 2.22. The number of pyridine rings is 1. The molecule has 0 unspecified atom stereocenters. The molecule has 0 aliphatic carbocycles. The van der Waals surface area contributed by atoms with Gasteiger partial charge in [-0.2, -0.15) is 0 Å². The molecule has 2 aromatic heterocycles. The van der Waals surface area contributed by atoms with E-state index >= 15 is 0 Å². The lowest BCUT2D eigenvalue weighted by Gasteiger charge is -2.08. The van der Waals surface area contributed by atoms with Crippen LogP contribution < -0.4 is 10.6 Å². The molecule has 2 heterocycles. The summed E-state index contributed by atoms with van der Waals surface area (Å²) in [6, 6.07) is 6.22. The van der Waals surface area contributed by atoms with Crippen LogP contribution in [0.1, 0.15) is 31.3 Å². The maximum atomic E-state index is 13.1. The lowest BCUT2D eigenvalue weighted by Crippen LogP contribution is -2.17. The third kappa shape index (κ3) is 4.13. The van der Waals surface area contributed by atoms with E-state index in [1.807, 2.05) is 0 Å². The zero-order chi connectivity index (χ0) is 20.3. The van der Waals surface area contributed by atoms with Crippen molar-refractivity contribution >= 4 is 40.9 Å². The number of aromatic nitrogens is 3. The van der Waals surface area contributed by atoms with E-state index < -0.39 is 23.6 Å². The first-order valence-electron chi connectivity index (χ1n) is 7.65. The zero-order valence-corrected chi connectivity index (χ0v) is 14.6. The molecule has 0 fully saturated rings. The van der Waals surface area contributed by atoms with Gasteiger partial charge in [0.1, 0.15) is 11.6 Å². The highest BCUT2D eigenvalue weighted by atomic mass is 35.5. The van der Waals surface area contributed by atoms with E-state index in [-0.39, 0.29) is 33.5 Å². The minimum Gasteiger partial charge on any atom is -0.477 e. The number of carboxylic acids is 1. The van der Waals surface area contributed by atoms with Crippen LogP contribution >= 0.6 is 11.6 Å². The summed E-state index contributed by atoms with van der Waals surface area (Å²) in [6.45, 7) is 0. The van der Waals surface area contributed by atoms with E-state index in [0.29, 0.717) is 0 Å². The van der Waals surface area contributed by atoms with Crippen LogP contribution in [0.3, 0.4) is 0 Å². The number of carboxylic acid groups (broad SMARTS) is 1. The van der Waals surface area contributed by atoms with Gasteiger partial charge in [0.2, 0.25) is 0 Å². The lowest BCUT2D eigenvalue weighted by atomic mass is 10.2. The molecule has 28 heavy (non-hydrogen) atoms. The first kappa shape index (κ1) is 19.0. The molecule has 142 valence electrons. The largest absolute Gasteiger partial charge is 0.477 e. The molecule has 0 saturated carbocycles. The molecule has 0 aliphatic heterocycles. The van der Waals surface area contributed by atoms with Gasteiger partial charge in [0, 0.05) is 0 Å². The number of carbonyl (C=O) groups excluding carboxylic acids is 2. The van der Waals surface area contributed by atoms with Gasteiger partial charge in [0.15, 0.2) is 11.4 Å². The van der Waals surface area contributed by atoms with Crippen LogP contribution in [-0.4, -0.2) is 37.8 Å². The summed E-state index contributed by atoms with van der Waals surface area (Å²) in [7, 11) is 0. The van der Waals surface area contributed by atoms with Crippen molar-refractivity contribution in [1.82, 2.24) is 15.0 Å². The topological polar surface area (TPSA) is 137 Å². The number of aromatic amines is 1. The number of nitrogens with one attached hydrogen (secondary N) is 3. The number of nitrogens with zero attached hydrogens (tertiary/aromatic N) is 2. The zero-order valence-electron chi connectivity index (χ0n) is 13.9. The summed E-state index contributed by atoms with van der Waals surface area (Å²) >= 11 is 5.84. The minimum atomic E-state index is -1.32. The van der Waals surface area contributed by atoms with Gasteiger partial charge in [-0.3, -0.25) is 9.59 Å². The van der Waals surface area contributed by atoms with Gasteiger partial charge in [-0.15, -0.1) is 0 Å². The quantitative estimate of drug-likeness (QED) is 0.517. The van der Waals surface area contributed by atoms with E-state index in [1.54, 1.807) is 0 Å². The molecule has 0 aliphatic rings. The van der Waals surface area contributed by atoms with Crippen molar-refractivity contribution in [2.24, 2.45) is 0 Å². The molecule has 11 heteroatoms. The summed E-state index contributed by atoms with van der Waals surface area (Å²) in [5, 5.41) is 13.9. The number of amides is 2. The number of benzene rings is 1. The molecule has 3 aromatic rings. The second kappa shape index (κ2) is 7.84. The molecule has 9 nitrogen and oxygen atoms in total. The summed E-state index contributed by atoms with van der Waals surface area (Å²) in [6.07, 6.45) is 2.35. The third-order valence-electron chi connectivity index (χ3n) is 3.51. The van der Waals surface area contributed by atoms with Crippen LogP contribution in [0.4, 0.5) is 15.9 Å². The number of H-pyrrole nitrogens is 1. The molecule has 2 amide bonds. The van der Waals surface area contributed by atoms with E-state index in [4.69, 9.17) is 16.7 Å². The van der Waals surface area contributed by atoms with Crippen LogP contribution in [0.15, 0.2) is 42.9 Å². The Morgan fingerprint density at radius 3 is 2.50 bits per heavy atom. The van der Waals surface area contributed by atoms with Crippen molar-refractivity contribution in [3.8, 4) is 0 Å². The second-order valence-electron chi connectivity index (χ2n) is 5.40. The Labute approximate surface area is 161 Å². The van der Waals surface area contributed by atoms with Gasteiger partial charge >= 0.3 is 5.97 Å². The highest BCUT2D eigenvalue weighted by Crippen LogP contribution is 2.19. The van der Waals surface area contributed by atoms with E-state index in [2.05, 4.69) is 25.6 Å². The third-order valence-corrected chi connectivity index (χ3v) is 3.82. The van der Waals surface area contributed by atoms with Crippen LogP contribution in [-0.2, 0) is 0 Å². The van der Waals surface area contributed by atoms with Crippen molar-refractivity contribution in [3.05, 3.63) is 70.6 Å². The number of hydrogen-bond acceptors (Lipinski definition) is 5. The summed E-state index contributed by atoms with van der Waals surface area (Å²) in [5.74, 6) is -3.05. The molecule has 3 rings (SSSR count). The van der Waals surface area contributed by atoms with Gasteiger partial charge in [0.05, 0.1) is 28.8 Å². The predicted molar refractivity (Wildman–Crippen MR) is 97.1 cm³/mol. The number of carbonyl (C=O) groups is 3. The Bertz CT molecular complexity index is 1070. The average Bonchev–Trinajstić information content (AvgIpc) is 3.13. The van der Waals surface area contributed by atoms with E-state index in [0.717, 1.165) is 18.5 Å². The predicted octanol–water partition coefficient (Wildman–Crippen LogP) is 2.80. The van der Waals surface area contributed by atoms with Gasteiger partial charge in [-0.05, 0) is 30.3 Å². The smallest absolute Gasteiger partial charge is 0.354 e. The lowest BCUT2D eigenvalue weighted by molar-refractivity contribution is 0.0686. The van der Waals surface area contributed by atoms with Crippen molar-refractivity contribution in [1.29, 1.82) is 0 Å². The number of rotatable bonds is 5. The number of anilines is 2. The summed E-state index contributed by atoms with van der Waals surface area (Å²) in [4.78, 5) is 45.3. The number of hydrogen-bond donors (Lipinski definition) is 4. The van der Waals surface area contributed by atoms with Crippen molar-refractivity contribution in [3.63, 3.8) is 0 Å². The number of aromatic carboxylic acids is 1. The standard InChI is InChI=1S/C17H11ClFN5O4/c18-11-5-8(19)1-3-10(11)15(25)24-12-4-2-9(6-20-12)23-16(26)13-14(17(27)28)22-7-21-13/h1-7H,(H,21,22)(H,23,26)(H,27,28)(H,20,24,25). The van der Waals surface area contributed by atoms with Crippen LogP contribution in [0.5, 0.6) is 0 Å². The Morgan fingerprint density at radius 2 is 1.86 bits per heavy atom. The fraction of sp³-hybridized carbons (Fsp3) is 0. The maximum Gasteiger partial charge on any atom is 0.354 e. The summed E-state index contributed by atoms with van der Waals surface area (Å²) in [5.41, 5.74) is -0.300. The Hall–Kier alpha value is -3.79. The van der Waals surface area contributed by atoms with Crippen molar-refractivity contribution < 1.29 is 23.9 Å². The molecular weight excluding hydrogens is 393 g/mol. The Kier molecular flexibility index (Phi) is 5.32. The molecule has 0 saturated heterocycles. The molecule has 0 radical (unpaired) electrons. The molecule has 1 aromatic carbocycles. The SMILES string of the molecule is O=C(Nc1ccc(NC(=O)c2nc[nH]c2C(=O)O)cn1)c1ccc(F)cc1Cl. The second-order valence-corrected chi connectivity index (χ2v) is 5.80. The molecule has 0 spiro atoms. The normalized spacial score (nSPS) is 10.4. The average molecular weight is 404 g/mol. The molecule has 0 bridgehead atoms. The van der Waals surface area contributed by atoms with Crippen LogP contribution in [0.25, 0.3) is 0 Å². The highest BCUT2D eigenvalue weighted by molar-refractivity contribution is 6.34. The van der Waals surface area contributed by atoms with Crippen LogP contribution in [0.2, 0.25) is 5.02 Å². The van der Waals surface area contributed by atoms with Crippen molar-refractivity contribution in [2.75, 3.05) is 10.6 Å². The first-order chi connectivity index (χ1) is 13.3. The van der Waals surface area contributed by atoms with E-state index in [9.17, 15) is 18.8 Å². The van der Waals surface area contributed by atoms with E-state index in [1.165, 1.54) is 24.4 Å². The van der Waals surface area contributed by atoms with Gasteiger partial charge < -0.3 is 20.7 Å². The van der Waals surface area contributed by atoms with Crippen LogP contribution in [0, 0.1) is 5.82 Å². The summed E-state index contributed by atoms with van der Waals surface area (Å²) < 4.78 is 13.1. The Balaban J connectivity index is 1.68.